The molecule has 1 atom stereocenters. The highest BCUT2D eigenvalue weighted by atomic mass is 16.5. The van der Waals surface area contributed by atoms with Crippen LogP contribution >= 0.6 is 0 Å². The number of carbonyl (C=O) groups excluding carboxylic acids is 1. The Morgan fingerprint density at radius 2 is 2.26 bits per heavy atom. The van der Waals surface area contributed by atoms with Gasteiger partial charge in [-0.1, -0.05) is 5.16 Å². The molecule has 0 aromatic carbocycles. The lowest BCUT2D eigenvalue weighted by molar-refractivity contribution is -0.133. The van der Waals surface area contributed by atoms with E-state index in [1.807, 2.05) is 9.58 Å². The zero-order chi connectivity index (χ0) is 15.6. The van der Waals surface area contributed by atoms with E-state index >= 15 is 0 Å². The van der Waals surface area contributed by atoms with Crippen molar-refractivity contribution >= 4 is 5.91 Å². The second-order valence-corrected chi connectivity index (χ2v) is 6.33. The highest BCUT2D eigenvalue weighted by molar-refractivity contribution is 5.76. The third-order valence-corrected chi connectivity index (χ3v) is 4.54. The van der Waals surface area contributed by atoms with Crippen LogP contribution in [-0.4, -0.2) is 48.8 Å². The second kappa shape index (κ2) is 6.10. The number of aryl methyl sites for hydroxylation is 1. The summed E-state index contributed by atoms with van der Waals surface area (Å²) in [6.07, 6.45) is 8.50. The van der Waals surface area contributed by atoms with Gasteiger partial charge in [-0.3, -0.25) is 4.79 Å². The Bertz CT molecular complexity index is 663. The quantitative estimate of drug-likeness (QED) is 0.826. The number of amides is 1. The average Bonchev–Trinajstić information content (AvgIpc) is 3.11. The van der Waals surface area contributed by atoms with Gasteiger partial charge < -0.3 is 9.42 Å². The SMILES string of the molecule is O=C(CCc1nc(C2CC2)no1)N1CCCC(n2cncn2)C1. The lowest BCUT2D eigenvalue weighted by Crippen LogP contribution is -2.40. The topological polar surface area (TPSA) is 89.9 Å². The van der Waals surface area contributed by atoms with Gasteiger partial charge in [-0.15, -0.1) is 0 Å². The molecule has 0 bridgehead atoms. The minimum Gasteiger partial charge on any atom is -0.341 e. The van der Waals surface area contributed by atoms with E-state index in [-0.39, 0.29) is 11.9 Å². The van der Waals surface area contributed by atoms with Crippen LogP contribution in [0.3, 0.4) is 0 Å². The van der Waals surface area contributed by atoms with Gasteiger partial charge in [0.1, 0.15) is 12.7 Å². The number of likely N-dealkylation sites (tertiary alicyclic amines) is 1. The number of carbonyl (C=O) groups is 1. The van der Waals surface area contributed by atoms with E-state index in [0.717, 1.165) is 38.1 Å². The molecular formula is C15H20N6O2. The number of hydrogen-bond donors (Lipinski definition) is 0. The van der Waals surface area contributed by atoms with Crippen LogP contribution in [0.1, 0.15) is 55.8 Å². The van der Waals surface area contributed by atoms with Gasteiger partial charge in [0, 0.05) is 31.8 Å². The fourth-order valence-corrected chi connectivity index (χ4v) is 3.05. The molecule has 2 aromatic rings. The Morgan fingerprint density at radius 3 is 3.04 bits per heavy atom. The van der Waals surface area contributed by atoms with Crippen LogP contribution in [0.4, 0.5) is 0 Å². The molecule has 1 saturated carbocycles. The normalized spacial score (nSPS) is 21.6. The van der Waals surface area contributed by atoms with Gasteiger partial charge >= 0.3 is 0 Å². The smallest absolute Gasteiger partial charge is 0.227 e. The minimum atomic E-state index is 0.140. The van der Waals surface area contributed by atoms with Gasteiger partial charge in [0.15, 0.2) is 5.82 Å². The van der Waals surface area contributed by atoms with E-state index in [1.165, 1.54) is 6.33 Å². The van der Waals surface area contributed by atoms with E-state index < -0.39 is 0 Å². The summed E-state index contributed by atoms with van der Waals surface area (Å²) in [6, 6.07) is 0.222. The first kappa shape index (κ1) is 14.3. The Balaban J connectivity index is 1.31. The number of hydrogen-bond acceptors (Lipinski definition) is 6. The van der Waals surface area contributed by atoms with Crippen LogP contribution in [0.5, 0.6) is 0 Å². The third kappa shape index (κ3) is 3.25. The van der Waals surface area contributed by atoms with Gasteiger partial charge in [0.2, 0.25) is 11.8 Å². The molecule has 3 heterocycles. The molecule has 1 amide bonds. The lowest BCUT2D eigenvalue weighted by Gasteiger charge is -2.32. The molecule has 2 aromatic heterocycles. The Morgan fingerprint density at radius 1 is 1.35 bits per heavy atom. The molecule has 2 fully saturated rings. The van der Waals surface area contributed by atoms with Crippen LogP contribution in [0.15, 0.2) is 17.2 Å². The lowest BCUT2D eigenvalue weighted by atomic mass is 10.1. The highest BCUT2D eigenvalue weighted by Crippen LogP contribution is 2.38. The predicted octanol–water partition coefficient (Wildman–Crippen LogP) is 1.33. The van der Waals surface area contributed by atoms with E-state index in [4.69, 9.17) is 4.52 Å². The van der Waals surface area contributed by atoms with Crippen LogP contribution in [-0.2, 0) is 11.2 Å². The van der Waals surface area contributed by atoms with Crippen molar-refractivity contribution in [2.45, 2.75) is 50.5 Å². The van der Waals surface area contributed by atoms with E-state index in [1.54, 1.807) is 6.33 Å². The second-order valence-electron chi connectivity index (χ2n) is 6.33. The molecule has 23 heavy (non-hydrogen) atoms. The van der Waals surface area contributed by atoms with Gasteiger partial charge in [0.25, 0.3) is 0 Å². The average molecular weight is 316 g/mol. The third-order valence-electron chi connectivity index (χ3n) is 4.54. The standard InChI is InChI=1S/C15H20N6O2/c22-14(6-5-13-18-15(19-23-13)11-3-4-11)20-7-1-2-12(8-20)21-10-16-9-17-21/h9-12H,1-8H2. The zero-order valence-electron chi connectivity index (χ0n) is 13.0. The summed E-state index contributed by atoms with van der Waals surface area (Å²) in [4.78, 5) is 22.7. The van der Waals surface area contributed by atoms with Crippen LogP contribution in [0.2, 0.25) is 0 Å². The summed E-state index contributed by atoms with van der Waals surface area (Å²) in [5.74, 6) is 2.00. The van der Waals surface area contributed by atoms with Gasteiger partial charge in [-0.25, -0.2) is 9.67 Å². The molecule has 2 aliphatic rings. The monoisotopic (exact) mass is 316 g/mol. The van der Waals surface area contributed by atoms with E-state index in [0.29, 0.717) is 31.2 Å². The summed E-state index contributed by atoms with van der Waals surface area (Å²) in [5.41, 5.74) is 0. The maximum atomic E-state index is 12.4. The maximum Gasteiger partial charge on any atom is 0.227 e. The number of piperidine rings is 1. The van der Waals surface area contributed by atoms with Crippen molar-refractivity contribution in [3.05, 3.63) is 24.4 Å². The summed E-state index contributed by atoms with van der Waals surface area (Å²) in [7, 11) is 0. The molecule has 0 radical (unpaired) electrons. The molecule has 0 N–H and O–H groups in total. The number of rotatable bonds is 5. The van der Waals surface area contributed by atoms with Gasteiger partial charge in [-0.05, 0) is 25.7 Å². The molecular weight excluding hydrogens is 296 g/mol. The van der Waals surface area contributed by atoms with Crippen molar-refractivity contribution < 1.29 is 9.32 Å². The summed E-state index contributed by atoms with van der Waals surface area (Å²) in [5, 5.41) is 8.17. The Hall–Kier alpha value is -2.25. The molecule has 122 valence electrons. The largest absolute Gasteiger partial charge is 0.341 e. The van der Waals surface area contributed by atoms with Gasteiger partial charge in [0.05, 0.1) is 6.04 Å². The van der Waals surface area contributed by atoms with Crippen LogP contribution in [0, 0.1) is 0 Å². The highest BCUT2D eigenvalue weighted by Gasteiger charge is 2.29. The van der Waals surface area contributed by atoms with Crippen molar-refractivity contribution in [2.75, 3.05) is 13.1 Å². The van der Waals surface area contributed by atoms with Crippen molar-refractivity contribution in [3.8, 4) is 0 Å². The Labute approximate surface area is 133 Å². The molecule has 4 rings (SSSR count). The summed E-state index contributed by atoms with van der Waals surface area (Å²) < 4.78 is 7.08. The molecule has 1 saturated heterocycles. The predicted molar refractivity (Wildman–Crippen MR) is 79.5 cm³/mol. The summed E-state index contributed by atoms with van der Waals surface area (Å²) >= 11 is 0. The maximum absolute atomic E-state index is 12.4. The first-order valence-corrected chi connectivity index (χ1v) is 8.24. The molecule has 1 unspecified atom stereocenters. The van der Waals surface area contributed by atoms with Crippen LogP contribution in [0.25, 0.3) is 0 Å². The number of nitrogens with zero attached hydrogens (tertiary/aromatic N) is 6. The van der Waals surface area contributed by atoms with E-state index in [9.17, 15) is 4.79 Å². The first-order valence-electron chi connectivity index (χ1n) is 8.24. The fraction of sp³-hybridized carbons (Fsp3) is 0.667. The minimum absolute atomic E-state index is 0.140. The zero-order valence-corrected chi connectivity index (χ0v) is 13.0. The van der Waals surface area contributed by atoms with Gasteiger partial charge in [-0.2, -0.15) is 10.1 Å². The molecule has 8 nitrogen and oxygen atoms in total. The molecule has 1 aliphatic carbocycles. The summed E-state index contributed by atoms with van der Waals surface area (Å²) in [6.45, 7) is 1.50. The van der Waals surface area contributed by atoms with Crippen molar-refractivity contribution in [2.24, 2.45) is 0 Å². The van der Waals surface area contributed by atoms with Crippen molar-refractivity contribution in [3.63, 3.8) is 0 Å². The van der Waals surface area contributed by atoms with Crippen LogP contribution < -0.4 is 0 Å². The Kier molecular flexibility index (Phi) is 3.80. The number of aromatic nitrogens is 5. The first-order chi connectivity index (χ1) is 11.3. The molecule has 0 spiro atoms. The molecule has 8 heteroatoms. The fourth-order valence-electron chi connectivity index (χ4n) is 3.05. The van der Waals surface area contributed by atoms with Crippen molar-refractivity contribution in [1.82, 2.24) is 29.8 Å². The molecule has 1 aliphatic heterocycles. The van der Waals surface area contributed by atoms with E-state index in [2.05, 4.69) is 20.2 Å². The van der Waals surface area contributed by atoms with Crippen molar-refractivity contribution in [1.29, 1.82) is 0 Å².